The fraction of sp³-hybridized carbons (Fsp3) is 0. The van der Waals surface area contributed by atoms with Gasteiger partial charge in [-0.3, -0.25) is 9.59 Å². The largest absolute Gasteiger partial charge is 0.350 e. The lowest BCUT2D eigenvalue weighted by Crippen LogP contribution is -2.32. The van der Waals surface area contributed by atoms with Crippen LogP contribution in [0.3, 0.4) is 0 Å². The maximum absolute atomic E-state index is 12.6. The van der Waals surface area contributed by atoms with Gasteiger partial charge in [0.25, 0.3) is 11.8 Å². The second-order valence-electron chi connectivity index (χ2n) is 4.99. The molecule has 0 bridgehead atoms. The first-order valence-corrected chi connectivity index (χ1v) is 8.64. The highest BCUT2D eigenvalue weighted by molar-refractivity contribution is 6.53. The maximum atomic E-state index is 12.6. The first-order chi connectivity index (χ1) is 11.8. The Morgan fingerprint density at radius 3 is 1.92 bits per heavy atom. The van der Waals surface area contributed by atoms with Gasteiger partial charge in [-0.15, -0.1) is 0 Å². The summed E-state index contributed by atoms with van der Waals surface area (Å²) in [7, 11) is 0. The molecule has 0 atom stereocenters. The number of carbonyl (C=O) groups excluding carboxylic acids is 2. The first kappa shape index (κ1) is 18.4. The number of imide groups is 1. The second-order valence-corrected chi connectivity index (χ2v) is 6.99. The van der Waals surface area contributed by atoms with Gasteiger partial charge in [0, 0.05) is 5.69 Å². The Morgan fingerprint density at radius 2 is 1.32 bits per heavy atom. The van der Waals surface area contributed by atoms with Gasteiger partial charge in [-0.1, -0.05) is 58.0 Å². The molecule has 0 saturated carbocycles. The Bertz CT molecular complexity index is 942. The number of nitrogens with zero attached hydrogens (tertiary/aromatic N) is 1. The zero-order valence-electron chi connectivity index (χ0n) is 12.1. The number of nitrogens with one attached hydrogen (secondary N) is 1. The van der Waals surface area contributed by atoms with E-state index in [9.17, 15) is 9.59 Å². The van der Waals surface area contributed by atoms with E-state index in [1.807, 2.05) is 0 Å². The van der Waals surface area contributed by atoms with Gasteiger partial charge in [-0.05, 0) is 36.4 Å². The molecule has 0 saturated heterocycles. The van der Waals surface area contributed by atoms with Crippen LogP contribution in [0.4, 0.5) is 11.4 Å². The summed E-state index contributed by atoms with van der Waals surface area (Å²) in [6, 6.07) is 9.06. The zero-order chi connectivity index (χ0) is 18.3. The van der Waals surface area contributed by atoms with Crippen molar-refractivity contribution < 1.29 is 9.59 Å². The molecule has 0 fully saturated rings. The molecule has 2 aromatic carbocycles. The van der Waals surface area contributed by atoms with Crippen LogP contribution in [0.5, 0.6) is 0 Å². The topological polar surface area (TPSA) is 49.4 Å². The number of anilines is 2. The molecule has 1 aliphatic heterocycles. The van der Waals surface area contributed by atoms with Crippen molar-refractivity contribution in [1.82, 2.24) is 0 Å². The van der Waals surface area contributed by atoms with E-state index in [2.05, 4.69) is 5.32 Å². The van der Waals surface area contributed by atoms with Crippen LogP contribution >= 0.6 is 58.0 Å². The Hall–Kier alpha value is -1.43. The smallest absolute Gasteiger partial charge is 0.283 e. The number of hydrogen-bond donors (Lipinski definition) is 1. The highest BCUT2D eigenvalue weighted by atomic mass is 35.5. The minimum Gasteiger partial charge on any atom is -0.350 e. The molecule has 0 unspecified atom stereocenters. The molecular formula is C16H7Cl5N2O2. The van der Waals surface area contributed by atoms with Crippen molar-refractivity contribution in [2.24, 2.45) is 0 Å². The van der Waals surface area contributed by atoms with Crippen molar-refractivity contribution in [3.8, 4) is 0 Å². The van der Waals surface area contributed by atoms with Crippen LogP contribution in [0.1, 0.15) is 0 Å². The first-order valence-electron chi connectivity index (χ1n) is 6.75. The predicted molar refractivity (Wildman–Crippen MR) is 102 cm³/mol. The number of carbonyl (C=O) groups is 2. The number of hydrogen-bond acceptors (Lipinski definition) is 3. The van der Waals surface area contributed by atoms with E-state index in [0.29, 0.717) is 20.8 Å². The Kier molecular flexibility index (Phi) is 5.19. The summed E-state index contributed by atoms with van der Waals surface area (Å²) in [5.41, 5.74) is 0.643. The number of rotatable bonds is 3. The quantitative estimate of drug-likeness (QED) is 0.625. The third-order valence-corrected chi connectivity index (χ3v) is 5.21. The molecule has 3 rings (SSSR count). The minimum atomic E-state index is -0.674. The van der Waals surface area contributed by atoms with Gasteiger partial charge in [0.15, 0.2) is 0 Å². The molecule has 2 amide bonds. The van der Waals surface area contributed by atoms with Crippen molar-refractivity contribution in [3.05, 3.63) is 67.2 Å². The number of amides is 2. The third kappa shape index (κ3) is 3.46. The lowest BCUT2D eigenvalue weighted by Gasteiger charge is -2.15. The molecule has 1 N–H and O–H groups in total. The molecule has 1 aliphatic rings. The zero-order valence-corrected chi connectivity index (χ0v) is 15.9. The fourth-order valence-electron chi connectivity index (χ4n) is 2.19. The highest BCUT2D eigenvalue weighted by Crippen LogP contribution is 2.34. The fourth-order valence-corrected chi connectivity index (χ4v) is 2.99. The van der Waals surface area contributed by atoms with Gasteiger partial charge in [-0.2, -0.15) is 0 Å². The normalized spacial score (nSPS) is 14.5. The van der Waals surface area contributed by atoms with Crippen LogP contribution in [0.25, 0.3) is 0 Å². The van der Waals surface area contributed by atoms with E-state index in [1.165, 1.54) is 24.3 Å². The van der Waals surface area contributed by atoms with E-state index in [-0.39, 0.29) is 21.4 Å². The van der Waals surface area contributed by atoms with Gasteiger partial charge in [-0.25, -0.2) is 4.90 Å². The van der Waals surface area contributed by atoms with Crippen molar-refractivity contribution in [2.75, 3.05) is 10.2 Å². The van der Waals surface area contributed by atoms with Crippen molar-refractivity contribution >= 4 is 81.2 Å². The lowest BCUT2D eigenvalue weighted by atomic mass is 10.3. The molecule has 0 spiro atoms. The molecule has 0 aliphatic carbocycles. The van der Waals surface area contributed by atoms with Crippen LogP contribution in [-0.4, -0.2) is 11.8 Å². The second kappa shape index (κ2) is 7.06. The standard InChI is InChI=1S/C16H7Cl5N2O2/c17-9-3-1-7(5-11(9)19)22-14-13(21)15(24)23(16(14)25)8-2-4-10(18)12(20)6-8/h1-6,22H. The van der Waals surface area contributed by atoms with E-state index >= 15 is 0 Å². The Balaban J connectivity index is 1.93. The molecular weight excluding hydrogens is 429 g/mol. The van der Waals surface area contributed by atoms with Crippen molar-refractivity contribution in [3.63, 3.8) is 0 Å². The summed E-state index contributed by atoms with van der Waals surface area (Å²) >= 11 is 29.7. The monoisotopic (exact) mass is 434 g/mol. The summed E-state index contributed by atoms with van der Waals surface area (Å²) in [6.07, 6.45) is 0. The average molecular weight is 437 g/mol. The molecule has 25 heavy (non-hydrogen) atoms. The van der Waals surface area contributed by atoms with Crippen LogP contribution in [0, 0.1) is 0 Å². The van der Waals surface area contributed by atoms with Gasteiger partial charge < -0.3 is 5.32 Å². The molecule has 1 heterocycles. The molecule has 9 heteroatoms. The summed E-state index contributed by atoms with van der Waals surface area (Å²) in [6.45, 7) is 0. The highest BCUT2D eigenvalue weighted by Gasteiger charge is 2.39. The third-order valence-electron chi connectivity index (χ3n) is 3.38. The van der Waals surface area contributed by atoms with Gasteiger partial charge in [0.2, 0.25) is 0 Å². The van der Waals surface area contributed by atoms with E-state index in [1.54, 1.807) is 12.1 Å². The average Bonchev–Trinajstić information content (AvgIpc) is 2.77. The number of halogens is 5. The van der Waals surface area contributed by atoms with Crippen molar-refractivity contribution in [1.29, 1.82) is 0 Å². The molecule has 0 aromatic heterocycles. The summed E-state index contributed by atoms with van der Waals surface area (Å²) in [5.74, 6) is -1.30. The SMILES string of the molecule is O=C1C(Cl)=C(Nc2ccc(Cl)c(Cl)c2)C(=O)N1c1ccc(Cl)c(Cl)c1. The van der Waals surface area contributed by atoms with Crippen LogP contribution in [0.15, 0.2) is 47.1 Å². The van der Waals surface area contributed by atoms with Crippen LogP contribution in [0.2, 0.25) is 20.1 Å². The van der Waals surface area contributed by atoms with Gasteiger partial charge in [0.1, 0.15) is 10.7 Å². The molecule has 128 valence electrons. The summed E-state index contributed by atoms with van der Waals surface area (Å²) in [5, 5.41) is 3.72. The maximum Gasteiger partial charge on any atom is 0.283 e. The number of benzene rings is 2. The summed E-state index contributed by atoms with van der Waals surface area (Å²) < 4.78 is 0. The van der Waals surface area contributed by atoms with E-state index in [0.717, 1.165) is 4.90 Å². The van der Waals surface area contributed by atoms with E-state index in [4.69, 9.17) is 58.0 Å². The van der Waals surface area contributed by atoms with E-state index < -0.39 is 11.8 Å². The minimum absolute atomic E-state index is 0.0730. The molecule has 2 aromatic rings. The van der Waals surface area contributed by atoms with Crippen LogP contribution in [-0.2, 0) is 9.59 Å². The Morgan fingerprint density at radius 1 is 0.720 bits per heavy atom. The van der Waals surface area contributed by atoms with Gasteiger partial charge >= 0.3 is 0 Å². The predicted octanol–water partition coefficient (Wildman–Crippen LogP) is 5.74. The molecule has 0 radical (unpaired) electrons. The Labute approximate surface area is 167 Å². The lowest BCUT2D eigenvalue weighted by molar-refractivity contribution is -0.120. The summed E-state index contributed by atoms with van der Waals surface area (Å²) in [4.78, 5) is 25.9. The van der Waals surface area contributed by atoms with Crippen LogP contribution < -0.4 is 10.2 Å². The van der Waals surface area contributed by atoms with Gasteiger partial charge in [0.05, 0.1) is 25.8 Å². The van der Waals surface area contributed by atoms with Crippen molar-refractivity contribution in [2.45, 2.75) is 0 Å². The molecule has 4 nitrogen and oxygen atoms in total.